The number of nitrogens with zero attached hydrogens (tertiary/aromatic N) is 2. The third-order valence-electron chi connectivity index (χ3n) is 6.29. The minimum atomic E-state index is -3.01. The first-order valence-corrected chi connectivity index (χ1v) is 13.4. The highest BCUT2D eigenvalue weighted by Gasteiger charge is 2.38. The maximum atomic E-state index is 14.2. The lowest BCUT2D eigenvalue weighted by Gasteiger charge is -2.31. The summed E-state index contributed by atoms with van der Waals surface area (Å²) in [5.74, 6) is -0.752. The van der Waals surface area contributed by atoms with E-state index in [1.807, 2.05) is 91.0 Å². The highest BCUT2D eigenvalue weighted by Crippen LogP contribution is 2.46. The van der Waals surface area contributed by atoms with Gasteiger partial charge >= 0.3 is 6.09 Å². The normalized spacial score (nSPS) is 14.1. The second-order valence-electron chi connectivity index (χ2n) is 8.45. The predicted molar refractivity (Wildman–Crippen MR) is 142 cm³/mol. The van der Waals surface area contributed by atoms with E-state index in [-0.39, 0.29) is 17.7 Å². The smallest absolute Gasteiger partial charge is 0.405 e. The molecule has 1 heterocycles. The van der Waals surface area contributed by atoms with Crippen LogP contribution in [0.2, 0.25) is 0 Å². The zero-order chi connectivity index (χ0) is 25.5. The number of nitrogens with one attached hydrogen (secondary N) is 1. The second kappa shape index (κ2) is 11.1. The first-order chi connectivity index (χ1) is 17.5. The van der Waals surface area contributed by atoms with Crippen molar-refractivity contribution < 1.29 is 19.5 Å². The van der Waals surface area contributed by atoms with Crippen molar-refractivity contribution in [2.45, 2.75) is 18.9 Å². The molecule has 0 spiro atoms. The average Bonchev–Trinajstić information content (AvgIpc) is 3.32. The third kappa shape index (κ3) is 4.82. The molecule has 1 aliphatic rings. The first-order valence-electron chi connectivity index (χ1n) is 11.6. The molecule has 3 aromatic rings. The molecule has 8 heteroatoms. The Kier molecular flexibility index (Phi) is 7.68. The van der Waals surface area contributed by atoms with Crippen LogP contribution in [0.4, 0.5) is 4.79 Å². The Morgan fingerprint density at radius 2 is 1.39 bits per heavy atom. The largest absolute Gasteiger partial charge is 0.465 e. The average molecular weight is 500 g/mol. The number of amides is 2. The molecule has 1 aliphatic heterocycles. The van der Waals surface area contributed by atoms with Crippen molar-refractivity contribution in [3.05, 3.63) is 91.0 Å². The van der Waals surface area contributed by atoms with Gasteiger partial charge in [-0.1, -0.05) is 91.0 Å². The summed E-state index contributed by atoms with van der Waals surface area (Å²) in [7, 11) is 0. The number of carbonyl (C=O) groups excluding carboxylic acids is 2. The molecular formula is C28H26N3O4P. The van der Waals surface area contributed by atoms with Gasteiger partial charge in [-0.2, -0.15) is 5.26 Å². The Morgan fingerprint density at radius 1 is 0.917 bits per heavy atom. The van der Waals surface area contributed by atoms with Gasteiger partial charge in [0, 0.05) is 19.5 Å². The zero-order valence-corrected chi connectivity index (χ0v) is 20.5. The predicted octanol–water partition coefficient (Wildman–Crippen LogP) is 2.50. The summed E-state index contributed by atoms with van der Waals surface area (Å²) in [6, 6.07) is 29.2. The van der Waals surface area contributed by atoms with Crippen molar-refractivity contribution >= 4 is 45.9 Å². The van der Waals surface area contributed by atoms with Crippen LogP contribution in [0.3, 0.4) is 0 Å². The highest BCUT2D eigenvalue weighted by molar-refractivity contribution is 7.97. The molecule has 0 aliphatic carbocycles. The van der Waals surface area contributed by atoms with Crippen LogP contribution in [0.15, 0.2) is 91.0 Å². The van der Waals surface area contributed by atoms with Crippen molar-refractivity contribution in [2.75, 3.05) is 13.1 Å². The fourth-order valence-electron chi connectivity index (χ4n) is 4.71. The Morgan fingerprint density at radius 3 is 1.75 bits per heavy atom. The number of benzene rings is 3. The number of Topliss-reactive ketones (excluding diaryl/α,β-unsaturated/α-hetero) is 1. The molecule has 2 N–H and O–H groups in total. The number of carbonyl (C=O) groups is 3. The lowest BCUT2D eigenvalue weighted by Crippen LogP contribution is -2.51. The van der Waals surface area contributed by atoms with Gasteiger partial charge in [-0.15, -0.1) is 0 Å². The molecule has 1 saturated heterocycles. The van der Waals surface area contributed by atoms with Gasteiger partial charge in [-0.05, 0) is 29.2 Å². The third-order valence-corrected chi connectivity index (χ3v) is 10.5. The molecule has 2 amide bonds. The van der Waals surface area contributed by atoms with Crippen LogP contribution in [0.1, 0.15) is 12.8 Å². The monoisotopic (exact) mass is 499 g/mol. The summed E-state index contributed by atoms with van der Waals surface area (Å²) >= 11 is 0. The Hall–Kier alpha value is -4.14. The molecule has 182 valence electrons. The maximum Gasteiger partial charge on any atom is 0.405 e. The Bertz CT molecular complexity index is 1250. The molecule has 0 saturated carbocycles. The molecule has 4 rings (SSSR count). The lowest BCUT2D eigenvalue weighted by atomic mass is 10.1. The van der Waals surface area contributed by atoms with Crippen molar-refractivity contribution in [2.24, 2.45) is 0 Å². The SMILES string of the molecule is N#CC(C(=O)[C@H](CN1CCCC1=O)NC(=O)O)=P(c1ccccc1)(c1ccccc1)c1ccccc1. The van der Waals surface area contributed by atoms with Crippen LogP contribution < -0.4 is 21.2 Å². The maximum absolute atomic E-state index is 14.2. The molecule has 0 unspecified atom stereocenters. The van der Waals surface area contributed by atoms with Gasteiger partial charge in [-0.3, -0.25) is 9.59 Å². The fourth-order valence-corrected chi connectivity index (χ4v) is 8.87. The molecule has 7 nitrogen and oxygen atoms in total. The van der Waals surface area contributed by atoms with E-state index >= 15 is 0 Å². The molecule has 0 aromatic heterocycles. The van der Waals surface area contributed by atoms with Crippen LogP contribution in [-0.2, 0) is 9.59 Å². The van der Waals surface area contributed by atoms with Crippen molar-refractivity contribution in [3.8, 4) is 6.07 Å². The summed E-state index contributed by atoms with van der Waals surface area (Å²) in [5, 5.41) is 24.8. The number of hydrogen-bond acceptors (Lipinski definition) is 4. The molecule has 0 bridgehead atoms. The highest BCUT2D eigenvalue weighted by atomic mass is 31.2. The summed E-state index contributed by atoms with van der Waals surface area (Å²) < 4.78 is 0. The van der Waals surface area contributed by atoms with Gasteiger partial charge < -0.3 is 15.3 Å². The number of nitriles is 1. The standard InChI is InChI=1S/C28H26N3O4P/c29-19-25(27(33)24(30-28(34)35)20-31-18-10-17-26(31)32)36(21-11-4-1-5-12-21,22-13-6-2-7-14-22)23-15-8-3-9-16-23/h1-9,11-16,24,30H,10,17-18,20H2,(H,34,35)/t24-/m0/s1. The number of carboxylic acid groups (broad SMARTS) is 1. The van der Waals surface area contributed by atoms with Gasteiger partial charge in [0.1, 0.15) is 17.4 Å². The summed E-state index contributed by atoms with van der Waals surface area (Å²) in [4.78, 5) is 39.6. The fraction of sp³-hybridized carbons (Fsp3) is 0.179. The van der Waals surface area contributed by atoms with E-state index < -0.39 is 24.8 Å². The van der Waals surface area contributed by atoms with E-state index in [1.165, 1.54) is 4.90 Å². The molecule has 1 fully saturated rings. The van der Waals surface area contributed by atoms with Gasteiger partial charge in [0.05, 0.1) is 0 Å². The van der Waals surface area contributed by atoms with E-state index in [1.54, 1.807) is 0 Å². The Balaban J connectivity index is 2.04. The molecule has 1 atom stereocenters. The van der Waals surface area contributed by atoms with Gasteiger partial charge in [0.25, 0.3) is 0 Å². The number of ketones is 1. The van der Waals surface area contributed by atoms with Gasteiger partial charge in [0.2, 0.25) is 5.91 Å². The van der Waals surface area contributed by atoms with E-state index in [9.17, 15) is 24.8 Å². The molecule has 0 radical (unpaired) electrons. The minimum absolute atomic E-state index is 0.0171. The molecule has 3 aromatic carbocycles. The van der Waals surface area contributed by atoms with Crippen LogP contribution in [0, 0.1) is 11.3 Å². The Labute approximate surface area is 210 Å². The van der Waals surface area contributed by atoms with E-state index in [0.717, 1.165) is 15.9 Å². The van der Waals surface area contributed by atoms with E-state index in [0.29, 0.717) is 19.4 Å². The van der Waals surface area contributed by atoms with E-state index in [4.69, 9.17) is 0 Å². The van der Waals surface area contributed by atoms with Crippen molar-refractivity contribution in [1.29, 1.82) is 5.26 Å². The van der Waals surface area contributed by atoms with Crippen LogP contribution in [-0.4, -0.2) is 52.2 Å². The zero-order valence-electron chi connectivity index (χ0n) is 19.6. The van der Waals surface area contributed by atoms with Crippen molar-refractivity contribution in [1.82, 2.24) is 10.2 Å². The quantitative estimate of drug-likeness (QED) is 0.463. The number of hydrogen-bond donors (Lipinski definition) is 2. The second-order valence-corrected chi connectivity index (χ2v) is 11.8. The van der Waals surface area contributed by atoms with Crippen LogP contribution >= 0.6 is 6.89 Å². The topological polar surface area (TPSA) is 111 Å². The number of likely N-dealkylation sites (tertiary alicyclic amines) is 1. The molecular weight excluding hydrogens is 473 g/mol. The summed E-state index contributed by atoms with van der Waals surface area (Å²) in [6.45, 7) is -2.68. The number of rotatable bonds is 8. The van der Waals surface area contributed by atoms with Crippen LogP contribution in [0.5, 0.6) is 0 Å². The summed E-state index contributed by atoms with van der Waals surface area (Å²) in [5.41, 5.74) is 0. The minimum Gasteiger partial charge on any atom is -0.465 e. The lowest BCUT2D eigenvalue weighted by molar-refractivity contribution is -0.128. The van der Waals surface area contributed by atoms with Crippen molar-refractivity contribution in [3.63, 3.8) is 0 Å². The summed E-state index contributed by atoms with van der Waals surface area (Å²) in [6.07, 6.45) is -0.380. The van der Waals surface area contributed by atoms with Gasteiger partial charge in [-0.25, -0.2) is 4.79 Å². The van der Waals surface area contributed by atoms with Crippen LogP contribution in [0.25, 0.3) is 0 Å². The molecule has 36 heavy (non-hydrogen) atoms. The van der Waals surface area contributed by atoms with E-state index in [2.05, 4.69) is 11.4 Å². The first kappa shape index (κ1) is 25.0. The van der Waals surface area contributed by atoms with Gasteiger partial charge in [0.15, 0.2) is 5.78 Å².